The van der Waals surface area contributed by atoms with Crippen LogP contribution >= 0.6 is 0 Å². The molecule has 0 fully saturated rings. The molecular weight excluding hydrogens is 246 g/mol. The number of anilines is 2. The Hall–Kier alpha value is -2.16. The zero-order chi connectivity index (χ0) is 14.9. The molecule has 0 saturated carbocycles. The van der Waals surface area contributed by atoms with Gasteiger partial charge in [0.05, 0.1) is 11.4 Å². The molecule has 1 aromatic rings. The summed E-state index contributed by atoms with van der Waals surface area (Å²) < 4.78 is 0. The van der Waals surface area contributed by atoms with Gasteiger partial charge in [0.1, 0.15) is 6.17 Å². The zero-order valence-electron chi connectivity index (χ0n) is 12.8. The van der Waals surface area contributed by atoms with Gasteiger partial charge in [0.15, 0.2) is 0 Å². The van der Waals surface area contributed by atoms with E-state index in [0.717, 1.165) is 11.3 Å². The summed E-state index contributed by atoms with van der Waals surface area (Å²) in [5.41, 5.74) is 4.49. The minimum atomic E-state index is 0.151. The van der Waals surface area contributed by atoms with Crippen LogP contribution in [0.5, 0.6) is 0 Å². The van der Waals surface area contributed by atoms with Crippen LogP contribution in [0, 0.1) is 0 Å². The first-order chi connectivity index (χ1) is 9.43. The van der Waals surface area contributed by atoms with Crippen molar-refractivity contribution in [1.29, 1.82) is 0 Å². The average molecular weight is 269 g/mol. The molecule has 0 atom stereocenters. The van der Waals surface area contributed by atoms with Crippen molar-refractivity contribution >= 4 is 11.4 Å². The summed E-state index contributed by atoms with van der Waals surface area (Å²) in [6.45, 7) is 8.22. The summed E-state index contributed by atoms with van der Waals surface area (Å²) in [7, 11) is 8.18. The third kappa shape index (κ3) is 2.44. The van der Waals surface area contributed by atoms with Crippen LogP contribution in [0.3, 0.4) is 0 Å². The normalized spacial score (nSPS) is 14.8. The predicted molar refractivity (Wildman–Crippen MR) is 88.1 cm³/mol. The van der Waals surface area contributed by atoms with Gasteiger partial charge in [-0.15, -0.1) is 0 Å². The molecule has 2 rings (SSSR count). The SMILES string of the molecule is C=C(/C=C\C(=C)N(C)C)C1N(C)c2ccccc2N1C. The van der Waals surface area contributed by atoms with Crippen LogP contribution in [0.4, 0.5) is 11.4 Å². The summed E-state index contributed by atoms with van der Waals surface area (Å²) in [6.07, 6.45) is 4.21. The fourth-order valence-corrected chi connectivity index (χ4v) is 2.52. The number of allylic oxidation sites excluding steroid dienone is 1. The van der Waals surface area contributed by atoms with E-state index in [4.69, 9.17) is 0 Å². The van der Waals surface area contributed by atoms with Crippen LogP contribution in [-0.2, 0) is 0 Å². The second kappa shape index (κ2) is 5.45. The van der Waals surface area contributed by atoms with Crippen LogP contribution in [0.15, 0.2) is 60.8 Å². The van der Waals surface area contributed by atoms with Crippen LogP contribution < -0.4 is 9.80 Å². The number of hydrogen-bond donors (Lipinski definition) is 0. The third-order valence-electron chi connectivity index (χ3n) is 3.77. The largest absolute Gasteiger partial charge is 0.378 e. The highest BCUT2D eigenvalue weighted by atomic mass is 15.4. The van der Waals surface area contributed by atoms with E-state index < -0.39 is 0 Å². The lowest BCUT2D eigenvalue weighted by Crippen LogP contribution is -2.39. The number of fused-ring (bicyclic) bond motifs is 1. The second-order valence-electron chi connectivity index (χ2n) is 5.38. The molecule has 1 aliphatic heterocycles. The highest BCUT2D eigenvalue weighted by molar-refractivity contribution is 5.78. The Kier molecular flexibility index (Phi) is 3.89. The van der Waals surface area contributed by atoms with Crippen molar-refractivity contribution in [2.75, 3.05) is 38.0 Å². The van der Waals surface area contributed by atoms with E-state index in [2.05, 4.69) is 61.3 Å². The lowest BCUT2D eigenvalue weighted by Gasteiger charge is -2.28. The molecule has 0 saturated heterocycles. The van der Waals surface area contributed by atoms with E-state index in [1.54, 1.807) is 0 Å². The van der Waals surface area contributed by atoms with Gasteiger partial charge in [0.2, 0.25) is 0 Å². The molecule has 0 N–H and O–H groups in total. The number of benzene rings is 1. The monoisotopic (exact) mass is 269 g/mol. The minimum Gasteiger partial charge on any atom is -0.378 e. The van der Waals surface area contributed by atoms with Gasteiger partial charge in [-0.2, -0.15) is 0 Å². The molecule has 1 aliphatic rings. The van der Waals surface area contributed by atoms with E-state index in [0.29, 0.717) is 0 Å². The van der Waals surface area contributed by atoms with Crippen LogP contribution in [0.1, 0.15) is 0 Å². The van der Waals surface area contributed by atoms with Gasteiger partial charge in [-0.3, -0.25) is 0 Å². The number of para-hydroxylation sites is 2. The van der Waals surface area contributed by atoms with Crippen molar-refractivity contribution in [2.24, 2.45) is 0 Å². The summed E-state index contributed by atoms with van der Waals surface area (Å²) in [5.74, 6) is 0. The molecular formula is C17H23N3. The van der Waals surface area contributed by atoms with Gasteiger partial charge in [-0.25, -0.2) is 0 Å². The first-order valence-corrected chi connectivity index (χ1v) is 6.71. The lowest BCUT2D eigenvalue weighted by atomic mass is 10.2. The second-order valence-corrected chi connectivity index (χ2v) is 5.38. The van der Waals surface area contributed by atoms with Gasteiger partial charge < -0.3 is 14.7 Å². The first kappa shape index (κ1) is 14.3. The van der Waals surface area contributed by atoms with Crippen LogP contribution in [0.25, 0.3) is 0 Å². The number of hydrogen-bond acceptors (Lipinski definition) is 3. The topological polar surface area (TPSA) is 9.72 Å². The molecule has 0 aliphatic carbocycles. The Labute approximate surface area is 122 Å². The third-order valence-corrected chi connectivity index (χ3v) is 3.77. The average Bonchev–Trinajstić information content (AvgIpc) is 2.68. The maximum Gasteiger partial charge on any atom is 0.127 e. The Bertz CT molecular complexity index is 528. The smallest absolute Gasteiger partial charge is 0.127 e. The van der Waals surface area contributed by atoms with E-state index >= 15 is 0 Å². The van der Waals surface area contributed by atoms with Gasteiger partial charge >= 0.3 is 0 Å². The van der Waals surface area contributed by atoms with E-state index in [9.17, 15) is 0 Å². The number of nitrogens with zero attached hydrogens (tertiary/aromatic N) is 3. The van der Waals surface area contributed by atoms with Crippen molar-refractivity contribution < 1.29 is 0 Å². The molecule has 20 heavy (non-hydrogen) atoms. The summed E-state index contributed by atoms with van der Waals surface area (Å²) >= 11 is 0. The van der Waals surface area contributed by atoms with Crippen LogP contribution in [-0.4, -0.2) is 39.3 Å². The molecule has 106 valence electrons. The highest BCUT2D eigenvalue weighted by Crippen LogP contribution is 2.39. The zero-order valence-corrected chi connectivity index (χ0v) is 12.8. The van der Waals surface area contributed by atoms with Gasteiger partial charge in [-0.1, -0.05) is 31.4 Å². The summed E-state index contributed by atoms with van der Waals surface area (Å²) in [6, 6.07) is 8.42. The van der Waals surface area contributed by atoms with E-state index in [1.807, 2.05) is 31.1 Å². The predicted octanol–water partition coefficient (Wildman–Crippen LogP) is 3.09. The molecule has 3 nitrogen and oxygen atoms in total. The molecule has 3 heteroatoms. The molecule has 1 aromatic carbocycles. The standard InChI is InChI=1S/C17H23N3/c1-13(11-12-14(2)18(3)4)17-19(5)15-9-7-8-10-16(15)20(17)6/h7-12,17H,1-2H2,3-6H3/b12-11-. The molecule has 0 bridgehead atoms. The molecule has 0 spiro atoms. The highest BCUT2D eigenvalue weighted by Gasteiger charge is 2.31. The molecule has 0 amide bonds. The minimum absolute atomic E-state index is 0.151. The first-order valence-electron chi connectivity index (χ1n) is 6.71. The van der Waals surface area contributed by atoms with E-state index in [-0.39, 0.29) is 6.17 Å². The van der Waals surface area contributed by atoms with Crippen molar-refractivity contribution in [3.05, 3.63) is 60.8 Å². The molecule has 0 radical (unpaired) electrons. The van der Waals surface area contributed by atoms with Crippen molar-refractivity contribution in [1.82, 2.24) is 4.90 Å². The fraction of sp³-hybridized carbons (Fsp3) is 0.294. The Morgan fingerprint density at radius 2 is 1.55 bits per heavy atom. The molecule has 0 unspecified atom stereocenters. The Morgan fingerprint density at radius 3 is 2.00 bits per heavy atom. The summed E-state index contributed by atoms with van der Waals surface area (Å²) in [5, 5.41) is 0. The molecule has 0 aromatic heterocycles. The maximum absolute atomic E-state index is 4.22. The van der Waals surface area contributed by atoms with Crippen molar-refractivity contribution in [3.8, 4) is 0 Å². The Balaban J connectivity index is 2.19. The van der Waals surface area contributed by atoms with Crippen molar-refractivity contribution in [2.45, 2.75) is 6.17 Å². The van der Waals surface area contributed by atoms with Gasteiger partial charge in [0, 0.05) is 33.9 Å². The van der Waals surface area contributed by atoms with Gasteiger partial charge in [-0.05, 0) is 23.8 Å². The lowest BCUT2D eigenvalue weighted by molar-refractivity contribution is 0.532. The fourth-order valence-electron chi connectivity index (χ4n) is 2.52. The van der Waals surface area contributed by atoms with Crippen molar-refractivity contribution in [3.63, 3.8) is 0 Å². The Morgan fingerprint density at radius 1 is 1.05 bits per heavy atom. The van der Waals surface area contributed by atoms with Gasteiger partial charge in [0.25, 0.3) is 0 Å². The molecule has 1 heterocycles. The van der Waals surface area contributed by atoms with E-state index in [1.165, 1.54) is 11.4 Å². The number of rotatable bonds is 4. The quantitative estimate of drug-likeness (QED) is 0.778. The maximum atomic E-state index is 4.22. The number of likely N-dealkylation sites (N-methyl/N-ethyl adjacent to an activating group) is 3. The van der Waals surface area contributed by atoms with Crippen LogP contribution in [0.2, 0.25) is 0 Å². The summed E-state index contributed by atoms with van der Waals surface area (Å²) in [4.78, 5) is 6.49.